The molecule has 1 heterocycles. The molecule has 0 aliphatic carbocycles. The highest BCUT2D eigenvalue weighted by molar-refractivity contribution is 7.16. The lowest BCUT2D eigenvalue weighted by Crippen LogP contribution is -2.05. The summed E-state index contributed by atoms with van der Waals surface area (Å²) in [6.45, 7) is 2.63. The van der Waals surface area contributed by atoms with Crippen molar-refractivity contribution in [2.75, 3.05) is 11.9 Å². The van der Waals surface area contributed by atoms with E-state index in [1.807, 2.05) is 19.1 Å². The van der Waals surface area contributed by atoms with Crippen LogP contribution >= 0.6 is 22.9 Å². The number of nitro groups is 1. The lowest BCUT2D eigenvalue weighted by atomic mass is 10.1. The summed E-state index contributed by atoms with van der Waals surface area (Å²) >= 11 is 7.43. The van der Waals surface area contributed by atoms with Gasteiger partial charge >= 0.3 is 0 Å². The maximum absolute atomic E-state index is 10.6. The third kappa shape index (κ3) is 3.68. The van der Waals surface area contributed by atoms with E-state index < -0.39 is 0 Å². The summed E-state index contributed by atoms with van der Waals surface area (Å²) in [4.78, 5) is 11.5. The van der Waals surface area contributed by atoms with Crippen LogP contribution in [-0.4, -0.2) is 11.5 Å². The molecule has 100 valence electrons. The Kier molecular flexibility index (Phi) is 4.39. The molecule has 0 fully saturated rings. The van der Waals surface area contributed by atoms with Crippen LogP contribution in [0.5, 0.6) is 0 Å². The predicted molar refractivity (Wildman–Crippen MR) is 79.4 cm³/mol. The Labute approximate surface area is 120 Å². The summed E-state index contributed by atoms with van der Waals surface area (Å²) in [5, 5.41) is 13.9. The largest absolute Gasteiger partial charge is 0.384 e. The molecule has 0 unspecified atom stereocenters. The van der Waals surface area contributed by atoms with E-state index in [-0.39, 0.29) is 10.6 Å². The van der Waals surface area contributed by atoms with Crippen LogP contribution in [0.15, 0.2) is 30.3 Å². The lowest BCUT2D eigenvalue weighted by molar-refractivity contribution is -0.384. The molecule has 0 aliphatic rings. The number of benzene rings is 1. The molecule has 0 atom stereocenters. The number of non-ortho nitro benzene ring substituents is 1. The van der Waals surface area contributed by atoms with Crippen LogP contribution in [0.3, 0.4) is 0 Å². The monoisotopic (exact) mass is 296 g/mol. The summed E-state index contributed by atoms with van der Waals surface area (Å²) in [5.41, 5.74) is 1.92. The topological polar surface area (TPSA) is 55.2 Å². The Bertz CT molecular complexity index is 598. The highest BCUT2D eigenvalue weighted by atomic mass is 35.5. The Hall–Kier alpha value is -1.59. The van der Waals surface area contributed by atoms with E-state index in [9.17, 15) is 10.1 Å². The van der Waals surface area contributed by atoms with E-state index in [2.05, 4.69) is 5.32 Å². The van der Waals surface area contributed by atoms with E-state index in [1.165, 1.54) is 10.9 Å². The molecule has 2 aromatic rings. The fraction of sp³-hybridized carbons (Fsp3) is 0.231. The quantitative estimate of drug-likeness (QED) is 0.662. The van der Waals surface area contributed by atoms with Crippen molar-refractivity contribution >= 4 is 34.3 Å². The van der Waals surface area contributed by atoms with Crippen LogP contribution in [0.4, 0.5) is 11.4 Å². The fourth-order valence-corrected chi connectivity index (χ4v) is 2.85. The molecule has 0 bridgehead atoms. The number of hydrogen-bond acceptors (Lipinski definition) is 4. The van der Waals surface area contributed by atoms with Crippen LogP contribution in [0.1, 0.15) is 10.4 Å². The van der Waals surface area contributed by atoms with Gasteiger partial charge < -0.3 is 5.32 Å². The first-order valence-electron chi connectivity index (χ1n) is 5.79. The average molecular weight is 297 g/mol. The van der Waals surface area contributed by atoms with Crippen molar-refractivity contribution in [3.05, 3.63) is 55.2 Å². The van der Waals surface area contributed by atoms with E-state index in [0.29, 0.717) is 0 Å². The highest BCUT2D eigenvalue weighted by Gasteiger charge is 2.07. The molecule has 0 saturated heterocycles. The van der Waals surface area contributed by atoms with Gasteiger partial charge in [-0.1, -0.05) is 11.6 Å². The molecule has 1 aromatic carbocycles. The van der Waals surface area contributed by atoms with E-state index >= 15 is 0 Å². The molecule has 1 N–H and O–H groups in total. The van der Waals surface area contributed by atoms with Crippen LogP contribution in [0.25, 0.3) is 0 Å². The number of aryl methyl sites for hydroxylation is 1. The molecular weight excluding hydrogens is 284 g/mol. The van der Waals surface area contributed by atoms with Crippen LogP contribution in [0.2, 0.25) is 4.34 Å². The Morgan fingerprint density at radius 1 is 1.37 bits per heavy atom. The molecule has 6 heteroatoms. The maximum atomic E-state index is 10.6. The minimum atomic E-state index is -0.384. The van der Waals surface area contributed by atoms with Crippen molar-refractivity contribution in [1.29, 1.82) is 0 Å². The van der Waals surface area contributed by atoms with Gasteiger partial charge in [-0.25, -0.2) is 0 Å². The number of anilines is 1. The van der Waals surface area contributed by atoms with Crippen molar-refractivity contribution < 1.29 is 4.92 Å². The van der Waals surface area contributed by atoms with Crippen LogP contribution < -0.4 is 5.32 Å². The van der Waals surface area contributed by atoms with Gasteiger partial charge in [0, 0.05) is 29.2 Å². The highest BCUT2D eigenvalue weighted by Crippen LogP contribution is 2.23. The van der Waals surface area contributed by atoms with Gasteiger partial charge in [-0.05, 0) is 37.1 Å². The molecule has 0 aliphatic heterocycles. The van der Waals surface area contributed by atoms with Crippen molar-refractivity contribution in [2.45, 2.75) is 13.3 Å². The number of hydrogen-bond donors (Lipinski definition) is 1. The van der Waals surface area contributed by atoms with Gasteiger partial charge in [0.25, 0.3) is 5.69 Å². The van der Waals surface area contributed by atoms with Gasteiger partial charge in [-0.2, -0.15) is 0 Å². The number of nitrogens with one attached hydrogen (secondary N) is 1. The SMILES string of the molecule is Cc1cc([N+](=O)[O-])ccc1NCCc1ccc(Cl)s1. The first-order chi connectivity index (χ1) is 9.06. The van der Waals surface area contributed by atoms with Gasteiger partial charge in [-0.3, -0.25) is 10.1 Å². The Morgan fingerprint density at radius 2 is 2.16 bits per heavy atom. The number of nitro benzene ring substituents is 1. The van der Waals surface area contributed by atoms with E-state index in [0.717, 1.165) is 28.6 Å². The van der Waals surface area contributed by atoms with E-state index in [4.69, 9.17) is 11.6 Å². The van der Waals surface area contributed by atoms with Gasteiger partial charge in [0.1, 0.15) is 0 Å². The fourth-order valence-electron chi connectivity index (χ4n) is 1.77. The summed E-state index contributed by atoms with van der Waals surface area (Å²) in [6, 6.07) is 8.73. The summed E-state index contributed by atoms with van der Waals surface area (Å²) in [6.07, 6.45) is 0.883. The smallest absolute Gasteiger partial charge is 0.269 e. The van der Waals surface area contributed by atoms with E-state index in [1.54, 1.807) is 23.5 Å². The third-order valence-electron chi connectivity index (χ3n) is 2.74. The lowest BCUT2D eigenvalue weighted by Gasteiger charge is -2.08. The molecule has 2 rings (SSSR count). The second-order valence-corrected chi connectivity index (χ2v) is 5.94. The normalized spacial score (nSPS) is 10.4. The number of rotatable bonds is 5. The predicted octanol–water partition coefficient (Wildman–Crippen LogP) is 4.27. The van der Waals surface area contributed by atoms with Crippen LogP contribution in [0, 0.1) is 17.0 Å². The second-order valence-electron chi connectivity index (χ2n) is 4.14. The number of nitrogens with zero attached hydrogens (tertiary/aromatic N) is 1. The molecule has 0 spiro atoms. The van der Waals surface area contributed by atoms with Crippen molar-refractivity contribution in [1.82, 2.24) is 0 Å². The second kappa shape index (κ2) is 6.04. The third-order valence-corrected chi connectivity index (χ3v) is 4.03. The molecular formula is C13H13ClN2O2S. The van der Waals surface area contributed by atoms with Crippen LogP contribution in [-0.2, 0) is 6.42 Å². The van der Waals surface area contributed by atoms with Crippen molar-refractivity contribution in [2.24, 2.45) is 0 Å². The number of thiophene rings is 1. The van der Waals surface area contributed by atoms with Crippen molar-refractivity contribution in [3.63, 3.8) is 0 Å². The first kappa shape index (κ1) is 13.8. The van der Waals surface area contributed by atoms with Crippen molar-refractivity contribution in [3.8, 4) is 0 Å². The number of halogens is 1. The minimum absolute atomic E-state index is 0.119. The summed E-state index contributed by atoms with van der Waals surface area (Å²) in [5.74, 6) is 0. The zero-order valence-electron chi connectivity index (χ0n) is 10.4. The van der Waals surface area contributed by atoms with Gasteiger partial charge in [0.05, 0.1) is 9.26 Å². The van der Waals surface area contributed by atoms with Gasteiger partial charge in [0.15, 0.2) is 0 Å². The molecule has 0 radical (unpaired) electrons. The average Bonchev–Trinajstić information content (AvgIpc) is 2.77. The molecule has 1 aromatic heterocycles. The molecule has 4 nitrogen and oxygen atoms in total. The standard InChI is InChI=1S/C13H13ClN2O2S/c1-9-8-10(16(17)18)2-4-12(9)15-7-6-11-3-5-13(14)19-11/h2-5,8,15H,6-7H2,1H3. The Morgan fingerprint density at radius 3 is 2.74 bits per heavy atom. The molecule has 0 saturated carbocycles. The zero-order valence-corrected chi connectivity index (χ0v) is 11.9. The first-order valence-corrected chi connectivity index (χ1v) is 6.99. The minimum Gasteiger partial charge on any atom is -0.384 e. The van der Waals surface area contributed by atoms with Gasteiger partial charge in [0.2, 0.25) is 0 Å². The van der Waals surface area contributed by atoms with Gasteiger partial charge in [-0.15, -0.1) is 11.3 Å². The maximum Gasteiger partial charge on any atom is 0.269 e. The molecule has 19 heavy (non-hydrogen) atoms. The molecule has 0 amide bonds. The summed E-state index contributed by atoms with van der Waals surface area (Å²) < 4.78 is 0.793. The Balaban J connectivity index is 1.94. The zero-order chi connectivity index (χ0) is 13.8. The summed E-state index contributed by atoms with van der Waals surface area (Å²) in [7, 11) is 0.